The lowest BCUT2D eigenvalue weighted by Gasteiger charge is -2.18. The lowest BCUT2D eigenvalue weighted by molar-refractivity contribution is 0.0845. The largest absolute Gasteiger partial charge is 0.379 e. The van der Waals surface area contributed by atoms with Crippen LogP contribution in [0.1, 0.15) is 39.3 Å². The van der Waals surface area contributed by atoms with E-state index in [1.165, 1.54) is 12.8 Å². The van der Waals surface area contributed by atoms with Crippen LogP contribution in [0.4, 0.5) is 10.8 Å². The molecular formula is C20H18N4O2S. The number of carbonyl (C=O) groups is 2. The average Bonchev–Trinajstić information content (AvgIpc) is 3.36. The van der Waals surface area contributed by atoms with Crippen molar-refractivity contribution in [3.05, 3.63) is 52.5 Å². The lowest BCUT2D eigenvalue weighted by atomic mass is 9.94. The first-order valence-corrected chi connectivity index (χ1v) is 9.93. The Kier molecular flexibility index (Phi) is 3.82. The molecule has 1 saturated heterocycles. The van der Waals surface area contributed by atoms with Gasteiger partial charge in [-0.15, -0.1) is 11.3 Å². The predicted molar refractivity (Wildman–Crippen MR) is 107 cm³/mol. The van der Waals surface area contributed by atoms with Crippen LogP contribution in [0.15, 0.2) is 35.7 Å². The summed E-state index contributed by atoms with van der Waals surface area (Å²) < 4.78 is 0. The molecule has 2 N–H and O–H groups in total. The summed E-state index contributed by atoms with van der Waals surface area (Å²) in [6.07, 6.45) is 2.47. The number of hydrogen-bond donors (Lipinski definition) is 2. The standard InChI is InChI=1S/C20H18N4O2S/c25-18-14-5-3-4-13-16(7-6-15(17(13)14)19(26)23-18)21-10-12-11-27-20(22-12)24-8-1-2-9-24/h3-7,11,21H,1-2,8-10H2,(H,23,25,26). The van der Waals surface area contributed by atoms with Gasteiger partial charge in [-0.25, -0.2) is 4.98 Å². The molecule has 0 saturated carbocycles. The van der Waals surface area contributed by atoms with Crippen LogP contribution in [0.5, 0.6) is 0 Å². The molecule has 3 aromatic rings. The van der Waals surface area contributed by atoms with Crippen molar-refractivity contribution in [3.63, 3.8) is 0 Å². The van der Waals surface area contributed by atoms with Crippen molar-refractivity contribution in [1.82, 2.24) is 10.3 Å². The number of imide groups is 1. The average molecular weight is 378 g/mol. The maximum atomic E-state index is 12.1. The van der Waals surface area contributed by atoms with Crippen molar-refractivity contribution in [2.75, 3.05) is 23.3 Å². The third kappa shape index (κ3) is 2.75. The summed E-state index contributed by atoms with van der Waals surface area (Å²) in [5.74, 6) is -0.685. The van der Waals surface area contributed by atoms with Crippen molar-refractivity contribution in [2.24, 2.45) is 0 Å². The van der Waals surface area contributed by atoms with E-state index in [2.05, 4.69) is 20.9 Å². The molecule has 27 heavy (non-hydrogen) atoms. The fraction of sp³-hybridized carbons (Fsp3) is 0.250. The Morgan fingerprint density at radius 3 is 2.67 bits per heavy atom. The van der Waals surface area contributed by atoms with Crippen LogP contribution in [-0.2, 0) is 6.54 Å². The summed E-state index contributed by atoms with van der Waals surface area (Å²) in [6, 6.07) is 9.20. The van der Waals surface area contributed by atoms with Crippen molar-refractivity contribution in [1.29, 1.82) is 0 Å². The van der Waals surface area contributed by atoms with E-state index in [9.17, 15) is 9.59 Å². The summed E-state index contributed by atoms with van der Waals surface area (Å²) >= 11 is 1.68. The topological polar surface area (TPSA) is 74.3 Å². The monoisotopic (exact) mass is 378 g/mol. The molecule has 1 aromatic heterocycles. The third-order valence-corrected chi connectivity index (χ3v) is 6.08. The van der Waals surface area contributed by atoms with Crippen LogP contribution >= 0.6 is 11.3 Å². The number of nitrogens with one attached hydrogen (secondary N) is 2. The summed E-state index contributed by atoms with van der Waals surface area (Å²) in [6.45, 7) is 2.78. The van der Waals surface area contributed by atoms with Gasteiger partial charge in [0.25, 0.3) is 11.8 Å². The van der Waals surface area contributed by atoms with E-state index in [4.69, 9.17) is 4.98 Å². The van der Waals surface area contributed by atoms with Gasteiger partial charge in [0.05, 0.1) is 12.2 Å². The van der Waals surface area contributed by atoms with E-state index in [-0.39, 0.29) is 11.8 Å². The Morgan fingerprint density at radius 1 is 1.07 bits per heavy atom. The Hall–Kier alpha value is -2.93. The molecule has 0 aliphatic carbocycles. The van der Waals surface area contributed by atoms with Gasteiger partial charge in [-0.1, -0.05) is 12.1 Å². The number of aromatic nitrogens is 1. The van der Waals surface area contributed by atoms with Crippen molar-refractivity contribution >= 4 is 44.7 Å². The first kappa shape index (κ1) is 16.3. The maximum absolute atomic E-state index is 12.1. The van der Waals surface area contributed by atoms with Crippen LogP contribution in [0.2, 0.25) is 0 Å². The van der Waals surface area contributed by atoms with E-state index in [1.54, 1.807) is 23.5 Å². The predicted octanol–water partition coefficient (Wildman–Crippen LogP) is 3.39. The lowest BCUT2D eigenvalue weighted by Crippen LogP contribution is -2.34. The van der Waals surface area contributed by atoms with Gasteiger partial charge in [0.1, 0.15) is 0 Å². The molecule has 136 valence electrons. The zero-order chi connectivity index (χ0) is 18.4. The summed E-state index contributed by atoms with van der Waals surface area (Å²) in [7, 11) is 0. The van der Waals surface area contributed by atoms with E-state index in [1.807, 2.05) is 18.2 Å². The number of nitrogens with zero attached hydrogens (tertiary/aromatic N) is 2. The number of rotatable bonds is 4. The number of carbonyl (C=O) groups excluding carboxylic acids is 2. The number of anilines is 2. The summed E-state index contributed by atoms with van der Waals surface area (Å²) in [5, 5.41) is 10.6. The molecule has 2 amide bonds. The highest BCUT2D eigenvalue weighted by Crippen LogP contribution is 2.32. The fourth-order valence-corrected chi connectivity index (χ4v) is 4.67. The van der Waals surface area contributed by atoms with Crippen molar-refractivity contribution in [2.45, 2.75) is 19.4 Å². The molecule has 2 aromatic carbocycles. The molecule has 0 unspecified atom stereocenters. The minimum atomic E-state index is -0.343. The molecule has 3 heterocycles. The number of hydrogen-bond acceptors (Lipinski definition) is 6. The summed E-state index contributed by atoms with van der Waals surface area (Å²) in [5.41, 5.74) is 2.97. The molecule has 7 heteroatoms. The van der Waals surface area contributed by atoms with Crippen molar-refractivity contribution < 1.29 is 9.59 Å². The highest BCUT2D eigenvalue weighted by atomic mass is 32.1. The molecule has 0 bridgehead atoms. The molecule has 1 fully saturated rings. The van der Waals surface area contributed by atoms with Crippen LogP contribution in [0.25, 0.3) is 10.8 Å². The second-order valence-electron chi connectivity index (χ2n) is 6.84. The van der Waals surface area contributed by atoms with Crippen LogP contribution in [0.3, 0.4) is 0 Å². The van der Waals surface area contributed by atoms with Gasteiger partial charge < -0.3 is 10.2 Å². The van der Waals surface area contributed by atoms with E-state index >= 15 is 0 Å². The Morgan fingerprint density at radius 2 is 1.85 bits per heavy atom. The van der Waals surface area contributed by atoms with Gasteiger partial charge in [0.15, 0.2) is 5.13 Å². The highest BCUT2D eigenvalue weighted by Gasteiger charge is 2.25. The molecule has 5 rings (SSSR count). The molecule has 2 aliphatic rings. The quantitative estimate of drug-likeness (QED) is 0.681. The maximum Gasteiger partial charge on any atom is 0.258 e. The SMILES string of the molecule is O=C1NC(=O)c2ccc(NCc3csc(N4CCCC4)n3)c3cccc1c23. The number of thiazole rings is 1. The molecule has 0 spiro atoms. The zero-order valence-electron chi connectivity index (χ0n) is 14.6. The first-order valence-electron chi connectivity index (χ1n) is 9.05. The van der Waals surface area contributed by atoms with E-state index in [0.29, 0.717) is 23.1 Å². The van der Waals surface area contributed by atoms with Gasteiger partial charge in [-0.05, 0) is 31.0 Å². The molecule has 0 radical (unpaired) electrons. The number of benzene rings is 2. The van der Waals surface area contributed by atoms with Gasteiger partial charge in [-0.3, -0.25) is 14.9 Å². The molecular weight excluding hydrogens is 360 g/mol. The Balaban J connectivity index is 1.44. The number of amides is 2. The Bertz CT molecular complexity index is 1050. The van der Waals surface area contributed by atoms with E-state index in [0.717, 1.165) is 35.0 Å². The molecule has 2 aliphatic heterocycles. The normalized spacial score (nSPS) is 16.1. The van der Waals surface area contributed by atoms with Crippen LogP contribution in [-0.4, -0.2) is 29.9 Å². The fourth-order valence-electron chi connectivity index (χ4n) is 3.79. The zero-order valence-corrected chi connectivity index (χ0v) is 15.4. The first-order chi connectivity index (χ1) is 13.2. The molecule has 6 nitrogen and oxygen atoms in total. The van der Waals surface area contributed by atoms with Crippen molar-refractivity contribution in [3.8, 4) is 0 Å². The second kappa shape index (κ2) is 6.35. The minimum absolute atomic E-state index is 0.343. The van der Waals surface area contributed by atoms with Gasteiger partial charge in [-0.2, -0.15) is 0 Å². The minimum Gasteiger partial charge on any atom is -0.379 e. The summed E-state index contributed by atoms with van der Waals surface area (Å²) in [4.78, 5) is 31.3. The molecule has 0 atom stereocenters. The van der Waals surface area contributed by atoms with Gasteiger partial charge in [0.2, 0.25) is 0 Å². The van der Waals surface area contributed by atoms with Crippen LogP contribution < -0.4 is 15.5 Å². The van der Waals surface area contributed by atoms with E-state index < -0.39 is 0 Å². The second-order valence-corrected chi connectivity index (χ2v) is 7.68. The Labute approximate surface area is 160 Å². The van der Waals surface area contributed by atoms with Crippen LogP contribution in [0, 0.1) is 0 Å². The highest BCUT2D eigenvalue weighted by molar-refractivity contribution is 7.13. The van der Waals surface area contributed by atoms with Gasteiger partial charge in [0, 0.05) is 46.1 Å². The van der Waals surface area contributed by atoms with Gasteiger partial charge >= 0.3 is 0 Å². The third-order valence-electron chi connectivity index (χ3n) is 5.13. The smallest absolute Gasteiger partial charge is 0.258 e.